The van der Waals surface area contributed by atoms with Crippen LogP contribution in [0, 0.1) is 18.6 Å². The Bertz CT molecular complexity index is 552. The average molecular weight is 253 g/mol. The second-order valence-corrected chi connectivity index (χ2v) is 3.86. The first-order valence-electron chi connectivity index (χ1n) is 5.46. The van der Waals surface area contributed by atoms with Crippen molar-refractivity contribution >= 4 is 0 Å². The maximum absolute atomic E-state index is 13.3. The molecule has 2 N–H and O–H groups in total. The summed E-state index contributed by atoms with van der Waals surface area (Å²) in [5, 5.41) is 0. The topological polar surface area (TPSA) is 48.4 Å². The van der Waals surface area contributed by atoms with Gasteiger partial charge in [-0.2, -0.15) is 0 Å². The molecule has 1 aromatic carbocycles. The first-order chi connectivity index (χ1) is 8.60. The Hall–Kier alpha value is -1.88. The van der Waals surface area contributed by atoms with Gasteiger partial charge < -0.3 is 14.9 Å². The highest BCUT2D eigenvalue weighted by Gasteiger charge is 2.09. The summed E-state index contributed by atoms with van der Waals surface area (Å²) in [5.41, 5.74) is 6.23. The van der Waals surface area contributed by atoms with Gasteiger partial charge in [0.1, 0.15) is 23.9 Å². The predicted octanol–water partition coefficient (Wildman–Crippen LogP) is 2.90. The van der Waals surface area contributed by atoms with E-state index in [2.05, 4.69) is 0 Å². The fourth-order valence-corrected chi connectivity index (χ4v) is 1.58. The molecule has 2 aromatic rings. The van der Waals surface area contributed by atoms with Gasteiger partial charge in [-0.25, -0.2) is 8.78 Å². The molecule has 0 aliphatic heterocycles. The predicted molar refractivity (Wildman–Crippen MR) is 62.0 cm³/mol. The number of ether oxygens (including phenoxy) is 1. The van der Waals surface area contributed by atoms with Gasteiger partial charge in [-0.3, -0.25) is 0 Å². The third-order valence-corrected chi connectivity index (χ3v) is 2.55. The van der Waals surface area contributed by atoms with Crippen LogP contribution in [0.4, 0.5) is 8.78 Å². The molecule has 96 valence electrons. The number of halogens is 2. The van der Waals surface area contributed by atoms with E-state index in [0.717, 1.165) is 17.7 Å². The van der Waals surface area contributed by atoms with E-state index in [0.29, 0.717) is 18.1 Å². The summed E-state index contributed by atoms with van der Waals surface area (Å²) in [7, 11) is 0. The van der Waals surface area contributed by atoms with Crippen molar-refractivity contribution in [2.45, 2.75) is 20.1 Å². The lowest BCUT2D eigenvalue weighted by Crippen LogP contribution is -1.98. The molecule has 0 saturated heterocycles. The van der Waals surface area contributed by atoms with Crippen LogP contribution in [0.25, 0.3) is 0 Å². The van der Waals surface area contributed by atoms with Crippen LogP contribution in [0.15, 0.2) is 28.7 Å². The van der Waals surface area contributed by atoms with Crippen LogP contribution in [0.3, 0.4) is 0 Å². The van der Waals surface area contributed by atoms with Crippen molar-refractivity contribution < 1.29 is 17.9 Å². The number of nitrogens with two attached hydrogens (primary N) is 1. The Labute approximate surface area is 103 Å². The Morgan fingerprint density at radius 2 is 2.06 bits per heavy atom. The zero-order valence-corrected chi connectivity index (χ0v) is 9.87. The SMILES string of the molecule is Cc1oc(CN)cc1COc1ccc(F)cc1F. The van der Waals surface area contributed by atoms with Gasteiger partial charge in [0.15, 0.2) is 11.6 Å². The van der Waals surface area contributed by atoms with Crippen molar-refractivity contribution in [3.63, 3.8) is 0 Å². The largest absolute Gasteiger partial charge is 0.486 e. The van der Waals surface area contributed by atoms with E-state index >= 15 is 0 Å². The summed E-state index contributed by atoms with van der Waals surface area (Å²) in [6, 6.07) is 4.94. The molecule has 18 heavy (non-hydrogen) atoms. The monoisotopic (exact) mass is 253 g/mol. The minimum absolute atomic E-state index is 0.00583. The zero-order chi connectivity index (χ0) is 13.1. The molecule has 0 amide bonds. The number of benzene rings is 1. The van der Waals surface area contributed by atoms with Crippen LogP contribution < -0.4 is 10.5 Å². The van der Waals surface area contributed by atoms with E-state index in [1.807, 2.05) is 0 Å². The Balaban J connectivity index is 2.08. The first-order valence-corrected chi connectivity index (χ1v) is 5.46. The Kier molecular flexibility index (Phi) is 3.62. The maximum atomic E-state index is 13.3. The number of hydrogen-bond acceptors (Lipinski definition) is 3. The first kappa shape index (κ1) is 12.6. The lowest BCUT2D eigenvalue weighted by Gasteiger charge is -2.06. The maximum Gasteiger partial charge on any atom is 0.167 e. The van der Waals surface area contributed by atoms with Gasteiger partial charge in [0.05, 0.1) is 6.54 Å². The lowest BCUT2D eigenvalue weighted by molar-refractivity contribution is 0.286. The third kappa shape index (κ3) is 2.68. The highest BCUT2D eigenvalue weighted by Crippen LogP contribution is 2.21. The molecule has 0 spiro atoms. The van der Waals surface area contributed by atoms with E-state index in [4.69, 9.17) is 14.9 Å². The molecule has 0 saturated carbocycles. The molecule has 0 aliphatic rings. The third-order valence-electron chi connectivity index (χ3n) is 2.55. The Morgan fingerprint density at radius 3 is 2.67 bits per heavy atom. The fourth-order valence-electron chi connectivity index (χ4n) is 1.58. The summed E-state index contributed by atoms with van der Waals surface area (Å²) in [6.45, 7) is 2.22. The molecule has 0 atom stereocenters. The summed E-state index contributed by atoms with van der Waals surface area (Å²) in [5.74, 6) is -0.0325. The van der Waals surface area contributed by atoms with E-state index in [1.54, 1.807) is 13.0 Å². The number of rotatable bonds is 4. The smallest absolute Gasteiger partial charge is 0.167 e. The zero-order valence-electron chi connectivity index (χ0n) is 9.87. The van der Waals surface area contributed by atoms with Crippen molar-refractivity contribution in [3.8, 4) is 5.75 Å². The minimum atomic E-state index is -0.727. The van der Waals surface area contributed by atoms with Crippen LogP contribution in [-0.2, 0) is 13.2 Å². The highest BCUT2D eigenvalue weighted by atomic mass is 19.1. The lowest BCUT2D eigenvalue weighted by atomic mass is 10.2. The van der Waals surface area contributed by atoms with Gasteiger partial charge in [-0.1, -0.05) is 0 Å². The van der Waals surface area contributed by atoms with Crippen molar-refractivity contribution in [2.75, 3.05) is 0 Å². The second-order valence-electron chi connectivity index (χ2n) is 3.86. The number of furan rings is 1. The summed E-state index contributed by atoms with van der Waals surface area (Å²) >= 11 is 0. The van der Waals surface area contributed by atoms with Crippen molar-refractivity contribution in [2.24, 2.45) is 5.73 Å². The summed E-state index contributed by atoms with van der Waals surface area (Å²) in [6.07, 6.45) is 0. The second kappa shape index (κ2) is 5.18. The van der Waals surface area contributed by atoms with Gasteiger partial charge in [-0.15, -0.1) is 0 Å². The van der Waals surface area contributed by atoms with Crippen LogP contribution in [0.5, 0.6) is 5.75 Å². The van der Waals surface area contributed by atoms with E-state index in [-0.39, 0.29) is 12.4 Å². The molecule has 3 nitrogen and oxygen atoms in total. The van der Waals surface area contributed by atoms with Crippen LogP contribution in [-0.4, -0.2) is 0 Å². The van der Waals surface area contributed by atoms with Gasteiger partial charge in [0, 0.05) is 11.6 Å². The normalized spacial score (nSPS) is 10.7. The molecule has 0 unspecified atom stereocenters. The standard InChI is InChI=1S/C13H13F2NO2/c1-8-9(4-11(6-16)18-8)7-17-13-3-2-10(14)5-12(13)15/h2-5H,6-7,16H2,1H3. The van der Waals surface area contributed by atoms with Gasteiger partial charge >= 0.3 is 0 Å². The van der Waals surface area contributed by atoms with Crippen LogP contribution in [0.2, 0.25) is 0 Å². The molecule has 2 rings (SSSR count). The molecule has 0 radical (unpaired) electrons. The molecule has 1 aromatic heterocycles. The fraction of sp³-hybridized carbons (Fsp3) is 0.231. The van der Waals surface area contributed by atoms with Crippen molar-refractivity contribution in [3.05, 3.63) is 53.0 Å². The van der Waals surface area contributed by atoms with E-state index < -0.39 is 11.6 Å². The molecule has 1 heterocycles. The Morgan fingerprint density at radius 1 is 1.28 bits per heavy atom. The van der Waals surface area contributed by atoms with E-state index in [9.17, 15) is 8.78 Å². The summed E-state index contributed by atoms with van der Waals surface area (Å²) < 4.78 is 36.6. The van der Waals surface area contributed by atoms with Crippen molar-refractivity contribution in [1.82, 2.24) is 0 Å². The molecule has 0 fully saturated rings. The van der Waals surface area contributed by atoms with Crippen molar-refractivity contribution in [1.29, 1.82) is 0 Å². The molecule has 5 heteroatoms. The highest BCUT2D eigenvalue weighted by molar-refractivity contribution is 5.26. The summed E-state index contributed by atoms with van der Waals surface area (Å²) in [4.78, 5) is 0. The number of aryl methyl sites for hydroxylation is 1. The quantitative estimate of drug-likeness (QED) is 0.911. The molecular formula is C13H13F2NO2. The van der Waals surface area contributed by atoms with Crippen LogP contribution >= 0.6 is 0 Å². The van der Waals surface area contributed by atoms with E-state index in [1.165, 1.54) is 6.07 Å². The van der Waals surface area contributed by atoms with Gasteiger partial charge in [0.25, 0.3) is 0 Å². The van der Waals surface area contributed by atoms with Gasteiger partial charge in [0.2, 0.25) is 0 Å². The molecule has 0 aliphatic carbocycles. The molecular weight excluding hydrogens is 240 g/mol. The number of hydrogen-bond donors (Lipinski definition) is 1. The minimum Gasteiger partial charge on any atom is -0.486 e. The molecule has 0 bridgehead atoms. The van der Waals surface area contributed by atoms with Gasteiger partial charge in [-0.05, 0) is 25.1 Å². The average Bonchev–Trinajstić information content (AvgIpc) is 2.69. The van der Waals surface area contributed by atoms with Crippen LogP contribution in [0.1, 0.15) is 17.1 Å².